The predicted molar refractivity (Wildman–Crippen MR) is 68.1 cm³/mol. The fraction of sp³-hybridized carbons (Fsp3) is 0.167. The Labute approximate surface area is 104 Å². The van der Waals surface area contributed by atoms with E-state index >= 15 is 0 Å². The van der Waals surface area contributed by atoms with Gasteiger partial charge in [-0.3, -0.25) is 4.79 Å². The second-order valence-corrected chi connectivity index (χ2v) is 4.00. The van der Waals surface area contributed by atoms with Gasteiger partial charge in [-0.05, 0) is 19.2 Å². The summed E-state index contributed by atoms with van der Waals surface area (Å²) in [5.74, 6) is 0.494. The molecule has 0 saturated heterocycles. The average molecular weight is 250 g/mol. The monoisotopic (exact) mass is 249 g/mol. The Morgan fingerprint density at radius 3 is 2.88 bits per heavy atom. The molecule has 4 nitrogen and oxygen atoms in total. The van der Waals surface area contributed by atoms with Gasteiger partial charge in [-0.2, -0.15) is 0 Å². The van der Waals surface area contributed by atoms with E-state index in [-0.39, 0.29) is 5.56 Å². The molecule has 0 aliphatic carbocycles. The Morgan fingerprint density at radius 2 is 2.18 bits per heavy atom. The highest BCUT2D eigenvalue weighted by molar-refractivity contribution is 6.33. The van der Waals surface area contributed by atoms with E-state index in [2.05, 4.69) is 15.3 Å². The van der Waals surface area contributed by atoms with Crippen LogP contribution in [0.3, 0.4) is 0 Å². The van der Waals surface area contributed by atoms with Gasteiger partial charge in [-0.1, -0.05) is 23.7 Å². The summed E-state index contributed by atoms with van der Waals surface area (Å²) in [6, 6.07) is 8.75. The Bertz CT molecular complexity index is 580. The Balaban J connectivity index is 2.52. The van der Waals surface area contributed by atoms with E-state index < -0.39 is 0 Å². The number of nitrogens with one attached hydrogen (secondary N) is 2. The molecule has 0 fully saturated rings. The second-order valence-electron chi connectivity index (χ2n) is 3.60. The van der Waals surface area contributed by atoms with Crippen molar-refractivity contribution in [3.05, 3.63) is 51.4 Å². The molecule has 1 aromatic heterocycles. The van der Waals surface area contributed by atoms with Gasteiger partial charge in [-0.15, -0.1) is 0 Å². The number of aromatic amines is 1. The smallest absolute Gasteiger partial charge is 0.251 e. The minimum Gasteiger partial charge on any atom is -0.314 e. The zero-order valence-electron chi connectivity index (χ0n) is 9.33. The second kappa shape index (κ2) is 5.12. The zero-order valence-corrected chi connectivity index (χ0v) is 10.1. The van der Waals surface area contributed by atoms with E-state index in [1.165, 1.54) is 6.07 Å². The molecule has 0 unspecified atom stereocenters. The summed E-state index contributed by atoms with van der Waals surface area (Å²) in [5.41, 5.74) is 1.23. The van der Waals surface area contributed by atoms with E-state index in [0.717, 1.165) is 5.56 Å². The molecule has 0 atom stereocenters. The summed E-state index contributed by atoms with van der Waals surface area (Å²) in [6.45, 7) is 0.543. The van der Waals surface area contributed by atoms with Crippen molar-refractivity contribution in [1.82, 2.24) is 15.3 Å². The highest BCUT2D eigenvalue weighted by Crippen LogP contribution is 2.23. The quantitative estimate of drug-likeness (QED) is 0.872. The molecule has 88 valence electrons. The third kappa shape index (κ3) is 2.72. The van der Waals surface area contributed by atoms with Crippen molar-refractivity contribution in [2.24, 2.45) is 0 Å². The number of benzene rings is 1. The predicted octanol–water partition coefficient (Wildman–Crippen LogP) is 1.81. The van der Waals surface area contributed by atoms with Crippen LogP contribution >= 0.6 is 11.6 Å². The molecule has 0 aliphatic rings. The van der Waals surface area contributed by atoms with Crippen molar-refractivity contribution in [1.29, 1.82) is 0 Å². The Hall–Kier alpha value is -1.65. The topological polar surface area (TPSA) is 57.8 Å². The van der Waals surface area contributed by atoms with Crippen LogP contribution in [-0.4, -0.2) is 17.0 Å². The minimum absolute atomic E-state index is 0.180. The molecule has 0 aliphatic heterocycles. The van der Waals surface area contributed by atoms with Crippen molar-refractivity contribution in [2.45, 2.75) is 6.54 Å². The molecule has 17 heavy (non-hydrogen) atoms. The summed E-state index contributed by atoms with van der Waals surface area (Å²) in [4.78, 5) is 18.5. The largest absolute Gasteiger partial charge is 0.314 e. The number of halogens is 1. The lowest BCUT2D eigenvalue weighted by Gasteiger charge is -2.05. The summed E-state index contributed by atoms with van der Waals surface area (Å²) in [6.07, 6.45) is 0. The maximum Gasteiger partial charge on any atom is 0.251 e. The first-order valence-corrected chi connectivity index (χ1v) is 5.58. The maximum atomic E-state index is 11.5. The van der Waals surface area contributed by atoms with Gasteiger partial charge in [0.1, 0.15) is 5.82 Å². The van der Waals surface area contributed by atoms with Crippen LogP contribution < -0.4 is 10.9 Å². The van der Waals surface area contributed by atoms with Crippen molar-refractivity contribution in [2.75, 3.05) is 7.05 Å². The summed E-state index contributed by atoms with van der Waals surface area (Å²) < 4.78 is 0. The Morgan fingerprint density at radius 1 is 1.41 bits per heavy atom. The maximum absolute atomic E-state index is 11.5. The van der Waals surface area contributed by atoms with Gasteiger partial charge in [0.15, 0.2) is 0 Å². The van der Waals surface area contributed by atoms with E-state index in [9.17, 15) is 4.79 Å². The zero-order chi connectivity index (χ0) is 12.3. The highest BCUT2D eigenvalue weighted by atomic mass is 35.5. The fourth-order valence-corrected chi connectivity index (χ4v) is 1.79. The van der Waals surface area contributed by atoms with Crippen molar-refractivity contribution >= 4 is 11.6 Å². The molecule has 0 saturated carbocycles. The van der Waals surface area contributed by atoms with Crippen molar-refractivity contribution in [3.8, 4) is 11.4 Å². The fourth-order valence-electron chi connectivity index (χ4n) is 1.56. The van der Waals surface area contributed by atoms with Crippen LogP contribution in [0.2, 0.25) is 5.02 Å². The van der Waals surface area contributed by atoms with Crippen LogP contribution in [0, 0.1) is 0 Å². The molecule has 0 radical (unpaired) electrons. The minimum atomic E-state index is -0.180. The number of hydrogen-bond acceptors (Lipinski definition) is 3. The lowest BCUT2D eigenvalue weighted by Crippen LogP contribution is -2.14. The van der Waals surface area contributed by atoms with Gasteiger partial charge in [0.25, 0.3) is 5.56 Å². The highest BCUT2D eigenvalue weighted by Gasteiger charge is 2.06. The molecule has 1 heterocycles. The number of rotatable bonds is 3. The SMILES string of the molecule is CNCc1cc(=O)[nH]c(-c2ccccc2Cl)n1. The molecule has 2 rings (SSSR count). The molecule has 5 heteroatoms. The standard InChI is InChI=1S/C12H12ClN3O/c1-14-7-8-6-11(17)16-12(15-8)9-4-2-3-5-10(9)13/h2-6,14H,7H2,1H3,(H,15,16,17). The molecule has 0 spiro atoms. The number of nitrogens with zero attached hydrogens (tertiary/aromatic N) is 1. The molecule has 1 aromatic carbocycles. The molecule has 2 aromatic rings. The van der Waals surface area contributed by atoms with E-state index in [0.29, 0.717) is 23.1 Å². The third-order valence-electron chi connectivity index (χ3n) is 2.28. The third-order valence-corrected chi connectivity index (χ3v) is 2.61. The Kier molecular flexibility index (Phi) is 3.56. The summed E-state index contributed by atoms with van der Waals surface area (Å²) >= 11 is 6.06. The lowest BCUT2D eigenvalue weighted by molar-refractivity contribution is 0.785. The van der Waals surface area contributed by atoms with Crippen LogP contribution in [-0.2, 0) is 6.54 Å². The van der Waals surface area contributed by atoms with Crippen molar-refractivity contribution < 1.29 is 0 Å². The van der Waals surface area contributed by atoms with Gasteiger partial charge in [0, 0.05) is 18.2 Å². The van der Waals surface area contributed by atoms with Crippen LogP contribution in [0.1, 0.15) is 5.69 Å². The number of hydrogen-bond donors (Lipinski definition) is 2. The lowest BCUT2D eigenvalue weighted by atomic mass is 10.2. The van der Waals surface area contributed by atoms with Gasteiger partial charge < -0.3 is 10.3 Å². The summed E-state index contributed by atoms with van der Waals surface area (Å²) in [5, 5.41) is 3.52. The molecule has 2 N–H and O–H groups in total. The van der Waals surface area contributed by atoms with Crippen LogP contribution in [0.25, 0.3) is 11.4 Å². The van der Waals surface area contributed by atoms with Gasteiger partial charge in [0.05, 0.1) is 10.7 Å². The normalized spacial score (nSPS) is 10.5. The molecule has 0 bridgehead atoms. The van der Waals surface area contributed by atoms with Crippen molar-refractivity contribution in [3.63, 3.8) is 0 Å². The number of aromatic nitrogens is 2. The molecule has 0 amide bonds. The van der Waals surface area contributed by atoms with E-state index in [1.54, 1.807) is 13.1 Å². The summed E-state index contributed by atoms with van der Waals surface area (Å²) in [7, 11) is 1.80. The first-order chi connectivity index (χ1) is 8.20. The number of H-pyrrole nitrogens is 1. The van der Waals surface area contributed by atoms with Gasteiger partial charge >= 0.3 is 0 Å². The van der Waals surface area contributed by atoms with Crippen LogP contribution in [0.5, 0.6) is 0 Å². The van der Waals surface area contributed by atoms with Gasteiger partial charge in [-0.25, -0.2) is 4.98 Å². The van der Waals surface area contributed by atoms with E-state index in [4.69, 9.17) is 11.6 Å². The van der Waals surface area contributed by atoms with Crippen LogP contribution in [0.4, 0.5) is 0 Å². The first kappa shape index (κ1) is 11.8. The van der Waals surface area contributed by atoms with E-state index in [1.807, 2.05) is 18.2 Å². The van der Waals surface area contributed by atoms with Gasteiger partial charge in [0.2, 0.25) is 0 Å². The average Bonchev–Trinajstić information content (AvgIpc) is 2.29. The van der Waals surface area contributed by atoms with Crippen LogP contribution in [0.15, 0.2) is 35.1 Å². The molecular formula is C12H12ClN3O. The molecular weight excluding hydrogens is 238 g/mol. The first-order valence-electron chi connectivity index (χ1n) is 5.20.